The molecule has 0 aliphatic rings. The van der Waals surface area contributed by atoms with Gasteiger partial charge in [0.15, 0.2) is 0 Å². The monoisotopic (exact) mass is 192 g/mol. The quantitative estimate of drug-likeness (QED) is 0.669. The summed E-state index contributed by atoms with van der Waals surface area (Å²) >= 11 is 0.442. The smallest absolute Gasteiger partial charge is 0.316 e. The van der Waals surface area contributed by atoms with Crippen LogP contribution >= 0.6 is 18.2 Å². The van der Waals surface area contributed by atoms with Crippen LogP contribution in [0.2, 0.25) is 0 Å². The summed E-state index contributed by atoms with van der Waals surface area (Å²) in [7, 11) is 0. The molecule has 0 radical (unpaired) electrons. The van der Waals surface area contributed by atoms with Gasteiger partial charge in [-0.05, 0) is 11.4 Å². The van der Waals surface area contributed by atoms with E-state index in [0.717, 1.165) is 0 Å². The molecule has 0 bridgehead atoms. The summed E-state index contributed by atoms with van der Waals surface area (Å²) in [6.07, 6.45) is 3.98. The molecular formula is C4H5N2O3PS. The number of nitrogens with zero attached hydrogens (tertiary/aromatic N) is 2. The standard InChI is InChI=1S/C4H5N2O3PS/c7-10(8,9)11-4-1-5-3-6-2-4/h1-3H,(H2,7,8,9). The van der Waals surface area contributed by atoms with Crippen LogP contribution < -0.4 is 0 Å². The highest BCUT2D eigenvalue weighted by Gasteiger charge is 2.14. The van der Waals surface area contributed by atoms with Gasteiger partial charge >= 0.3 is 6.80 Å². The Kier molecular flexibility index (Phi) is 2.62. The van der Waals surface area contributed by atoms with Crippen molar-refractivity contribution in [1.29, 1.82) is 0 Å². The minimum atomic E-state index is -4.05. The van der Waals surface area contributed by atoms with Crippen LogP contribution in [0.15, 0.2) is 23.6 Å². The van der Waals surface area contributed by atoms with Gasteiger partial charge in [-0.1, -0.05) is 0 Å². The van der Waals surface area contributed by atoms with Gasteiger partial charge in [-0.25, -0.2) is 14.5 Å². The van der Waals surface area contributed by atoms with E-state index in [4.69, 9.17) is 9.79 Å². The Morgan fingerprint density at radius 1 is 1.36 bits per heavy atom. The molecule has 1 rings (SSSR count). The van der Waals surface area contributed by atoms with E-state index >= 15 is 0 Å². The van der Waals surface area contributed by atoms with Gasteiger partial charge in [0, 0.05) is 12.4 Å². The second-order valence-electron chi connectivity index (χ2n) is 1.66. The molecule has 0 fully saturated rings. The maximum atomic E-state index is 10.4. The molecule has 0 atom stereocenters. The lowest BCUT2D eigenvalue weighted by molar-refractivity contribution is 0.397. The molecule has 1 aromatic rings. The minimum absolute atomic E-state index is 0.362. The van der Waals surface area contributed by atoms with Crippen LogP contribution in [0, 0.1) is 0 Å². The fraction of sp³-hybridized carbons (Fsp3) is 0. The van der Waals surface area contributed by atoms with Crippen molar-refractivity contribution in [3.63, 3.8) is 0 Å². The van der Waals surface area contributed by atoms with Gasteiger partial charge in [0.25, 0.3) is 0 Å². The van der Waals surface area contributed by atoms with Crippen molar-refractivity contribution in [2.75, 3.05) is 0 Å². The first kappa shape index (κ1) is 8.67. The summed E-state index contributed by atoms with van der Waals surface area (Å²) in [5.74, 6) is 0. The largest absolute Gasteiger partial charge is 0.388 e. The van der Waals surface area contributed by atoms with Crippen molar-refractivity contribution in [3.8, 4) is 0 Å². The van der Waals surface area contributed by atoms with Crippen molar-refractivity contribution in [2.45, 2.75) is 4.90 Å². The van der Waals surface area contributed by atoms with Crippen molar-refractivity contribution in [3.05, 3.63) is 18.7 Å². The van der Waals surface area contributed by atoms with Crippen molar-refractivity contribution < 1.29 is 14.4 Å². The Morgan fingerprint density at radius 2 is 1.91 bits per heavy atom. The fourth-order valence-corrected chi connectivity index (χ4v) is 2.07. The van der Waals surface area contributed by atoms with Gasteiger partial charge in [0.1, 0.15) is 6.33 Å². The van der Waals surface area contributed by atoms with Crippen LogP contribution in [0.3, 0.4) is 0 Å². The fourth-order valence-electron chi connectivity index (χ4n) is 0.470. The lowest BCUT2D eigenvalue weighted by Gasteiger charge is -1.99. The predicted molar refractivity (Wildman–Crippen MR) is 39.9 cm³/mol. The van der Waals surface area contributed by atoms with E-state index < -0.39 is 6.80 Å². The average Bonchev–Trinajstić information content (AvgIpc) is 1.85. The first-order valence-corrected chi connectivity index (χ1v) is 5.61. The Hall–Kier alpha value is -0.420. The molecule has 0 aromatic carbocycles. The zero-order valence-corrected chi connectivity index (χ0v) is 7.00. The molecular weight excluding hydrogens is 187 g/mol. The lowest BCUT2D eigenvalue weighted by Crippen LogP contribution is -1.77. The molecule has 0 unspecified atom stereocenters. The molecule has 0 amide bonds. The predicted octanol–water partition coefficient (Wildman–Crippen LogP) is 0.661. The Morgan fingerprint density at radius 3 is 2.36 bits per heavy atom. The van der Waals surface area contributed by atoms with Crippen LogP contribution in [-0.2, 0) is 4.57 Å². The maximum Gasteiger partial charge on any atom is 0.388 e. The van der Waals surface area contributed by atoms with Crippen LogP contribution in [0.4, 0.5) is 0 Å². The van der Waals surface area contributed by atoms with E-state index in [2.05, 4.69) is 9.97 Å². The SMILES string of the molecule is O=P(O)(O)Sc1cncnc1. The summed E-state index contributed by atoms with van der Waals surface area (Å²) in [5.41, 5.74) is 0. The van der Waals surface area contributed by atoms with E-state index in [0.29, 0.717) is 16.3 Å². The Labute approximate surface area is 66.8 Å². The normalized spacial score (nSPS) is 11.5. The molecule has 0 saturated carbocycles. The zero-order valence-electron chi connectivity index (χ0n) is 5.28. The van der Waals surface area contributed by atoms with Gasteiger partial charge in [-0.15, -0.1) is 0 Å². The molecule has 0 aliphatic heterocycles. The summed E-state index contributed by atoms with van der Waals surface area (Å²) in [4.78, 5) is 24.5. The van der Waals surface area contributed by atoms with Crippen molar-refractivity contribution in [2.24, 2.45) is 0 Å². The van der Waals surface area contributed by atoms with Gasteiger partial charge in [-0.2, -0.15) is 0 Å². The Balaban J connectivity index is 2.74. The third-order valence-corrected chi connectivity index (χ3v) is 2.77. The second kappa shape index (κ2) is 3.32. The van der Waals surface area contributed by atoms with Crippen LogP contribution in [0.5, 0.6) is 0 Å². The summed E-state index contributed by atoms with van der Waals surface area (Å²) < 4.78 is 10.4. The molecule has 0 spiro atoms. The van der Waals surface area contributed by atoms with Gasteiger partial charge in [0.05, 0.1) is 4.90 Å². The summed E-state index contributed by atoms with van der Waals surface area (Å²) in [6.45, 7) is -4.05. The van der Waals surface area contributed by atoms with Gasteiger partial charge in [0.2, 0.25) is 0 Å². The highest BCUT2D eigenvalue weighted by atomic mass is 32.7. The maximum absolute atomic E-state index is 10.4. The lowest BCUT2D eigenvalue weighted by atomic mass is 10.7. The number of aromatic nitrogens is 2. The highest BCUT2D eigenvalue weighted by Crippen LogP contribution is 2.53. The summed E-state index contributed by atoms with van der Waals surface area (Å²) in [5, 5.41) is 0. The number of hydrogen-bond acceptors (Lipinski definition) is 4. The van der Waals surface area contributed by atoms with Crippen LogP contribution in [-0.4, -0.2) is 19.8 Å². The van der Waals surface area contributed by atoms with Gasteiger partial charge in [-0.3, -0.25) is 0 Å². The van der Waals surface area contributed by atoms with Crippen molar-refractivity contribution in [1.82, 2.24) is 9.97 Å². The second-order valence-corrected chi connectivity index (χ2v) is 5.27. The summed E-state index contributed by atoms with van der Waals surface area (Å²) in [6, 6.07) is 0. The molecule has 0 saturated heterocycles. The molecule has 1 heterocycles. The average molecular weight is 192 g/mol. The Bertz CT molecular complexity index is 274. The van der Waals surface area contributed by atoms with E-state index in [9.17, 15) is 4.57 Å². The first-order valence-electron chi connectivity index (χ1n) is 2.58. The van der Waals surface area contributed by atoms with Gasteiger partial charge < -0.3 is 9.79 Å². The number of hydrogen-bond donors (Lipinski definition) is 2. The molecule has 60 valence electrons. The minimum Gasteiger partial charge on any atom is -0.316 e. The highest BCUT2D eigenvalue weighted by molar-refractivity contribution is 8.54. The molecule has 5 nitrogen and oxygen atoms in total. The number of rotatable bonds is 2. The molecule has 0 aliphatic carbocycles. The molecule has 2 N–H and O–H groups in total. The van der Waals surface area contributed by atoms with Crippen LogP contribution in [0.1, 0.15) is 0 Å². The molecule has 11 heavy (non-hydrogen) atoms. The van der Waals surface area contributed by atoms with Crippen LogP contribution in [0.25, 0.3) is 0 Å². The van der Waals surface area contributed by atoms with E-state index in [1.165, 1.54) is 18.7 Å². The van der Waals surface area contributed by atoms with E-state index in [1.807, 2.05) is 0 Å². The third kappa shape index (κ3) is 3.48. The van der Waals surface area contributed by atoms with Crippen molar-refractivity contribution >= 4 is 18.2 Å². The van der Waals surface area contributed by atoms with E-state index in [-0.39, 0.29) is 0 Å². The topological polar surface area (TPSA) is 83.3 Å². The third-order valence-electron chi connectivity index (χ3n) is 0.761. The van der Waals surface area contributed by atoms with E-state index in [1.54, 1.807) is 0 Å². The zero-order chi connectivity index (χ0) is 8.32. The first-order chi connectivity index (χ1) is 5.08. The molecule has 1 aromatic heterocycles. The molecule has 7 heteroatoms.